The number of rotatable bonds is 8. The molecular weight excluding hydrogens is 300 g/mol. The number of aryl methyl sites for hydroxylation is 1. The SMILES string of the molecule is CCCc1ccc(-c2ccc(C(=O)OC(C)COCC)cc2)cc1. The maximum absolute atomic E-state index is 12.1. The van der Waals surface area contributed by atoms with Crippen molar-refractivity contribution in [2.24, 2.45) is 0 Å². The van der Waals surface area contributed by atoms with Crippen molar-refractivity contribution in [2.75, 3.05) is 13.2 Å². The molecule has 0 spiro atoms. The van der Waals surface area contributed by atoms with Gasteiger partial charge in [0.05, 0.1) is 12.2 Å². The molecule has 128 valence electrons. The highest BCUT2D eigenvalue weighted by atomic mass is 16.6. The quantitative estimate of drug-likeness (QED) is 0.648. The van der Waals surface area contributed by atoms with Crippen molar-refractivity contribution >= 4 is 5.97 Å². The molecule has 2 aromatic carbocycles. The zero-order valence-electron chi connectivity index (χ0n) is 14.7. The summed E-state index contributed by atoms with van der Waals surface area (Å²) in [6.45, 7) is 6.97. The largest absolute Gasteiger partial charge is 0.457 e. The number of carbonyl (C=O) groups excluding carboxylic acids is 1. The van der Waals surface area contributed by atoms with Crippen LogP contribution < -0.4 is 0 Å². The van der Waals surface area contributed by atoms with Crippen LogP contribution >= 0.6 is 0 Å². The van der Waals surface area contributed by atoms with Gasteiger partial charge in [-0.1, -0.05) is 49.7 Å². The van der Waals surface area contributed by atoms with Crippen molar-refractivity contribution in [1.29, 1.82) is 0 Å². The third-order valence-corrected chi connectivity index (χ3v) is 3.81. The first-order chi connectivity index (χ1) is 11.6. The van der Waals surface area contributed by atoms with Gasteiger partial charge in [-0.2, -0.15) is 0 Å². The van der Waals surface area contributed by atoms with Crippen molar-refractivity contribution in [3.63, 3.8) is 0 Å². The predicted molar refractivity (Wildman–Crippen MR) is 97.2 cm³/mol. The molecule has 0 aliphatic rings. The van der Waals surface area contributed by atoms with Gasteiger partial charge in [0, 0.05) is 6.61 Å². The maximum Gasteiger partial charge on any atom is 0.338 e. The summed E-state index contributed by atoms with van der Waals surface area (Å²) < 4.78 is 10.6. The zero-order chi connectivity index (χ0) is 17.4. The molecule has 0 aromatic heterocycles. The van der Waals surface area contributed by atoms with E-state index in [1.165, 1.54) is 5.56 Å². The van der Waals surface area contributed by atoms with Crippen LogP contribution in [0.4, 0.5) is 0 Å². The Morgan fingerprint density at radius 3 is 2.08 bits per heavy atom. The number of esters is 1. The minimum absolute atomic E-state index is 0.247. The molecule has 0 aliphatic carbocycles. The Morgan fingerprint density at radius 2 is 1.54 bits per heavy atom. The summed E-state index contributed by atoms with van der Waals surface area (Å²) in [5.41, 5.74) is 4.16. The molecule has 0 saturated carbocycles. The Morgan fingerprint density at radius 1 is 0.958 bits per heavy atom. The molecule has 0 amide bonds. The van der Waals surface area contributed by atoms with Gasteiger partial charge in [-0.3, -0.25) is 0 Å². The van der Waals surface area contributed by atoms with E-state index in [-0.39, 0.29) is 12.1 Å². The van der Waals surface area contributed by atoms with E-state index < -0.39 is 0 Å². The van der Waals surface area contributed by atoms with Crippen LogP contribution in [0.1, 0.15) is 43.1 Å². The van der Waals surface area contributed by atoms with Crippen LogP contribution in [0.25, 0.3) is 11.1 Å². The number of hydrogen-bond acceptors (Lipinski definition) is 3. The average molecular weight is 326 g/mol. The van der Waals surface area contributed by atoms with Crippen LogP contribution in [0.5, 0.6) is 0 Å². The van der Waals surface area contributed by atoms with Crippen molar-refractivity contribution < 1.29 is 14.3 Å². The highest BCUT2D eigenvalue weighted by Crippen LogP contribution is 2.21. The first-order valence-corrected chi connectivity index (χ1v) is 8.62. The first-order valence-electron chi connectivity index (χ1n) is 8.62. The van der Waals surface area contributed by atoms with E-state index in [2.05, 4.69) is 31.2 Å². The predicted octanol–water partition coefficient (Wildman–Crippen LogP) is 4.89. The lowest BCUT2D eigenvalue weighted by atomic mass is 10.0. The molecule has 0 aliphatic heterocycles. The average Bonchev–Trinajstić information content (AvgIpc) is 2.61. The zero-order valence-corrected chi connectivity index (χ0v) is 14.7. The molecule has 3 nitrogen and oxygen atoms in total. The standard InChI is InChI=1S/C21H26O3/c1-4-6-17-7-9-18(10-8-17)19-11-13-20(14-12-19)21(22)24-16(3)15-23-5-2/h7-14,16H,4-6,15H2,1-3H3. The van der Waals surface area contributed by atoms with Gasteiger partial charge in [-0.15, -0.1) is 0 Å². The van der Waals surface area contributed by atoms with Gasteiger partial charge in [-0.05, 0) is 49.1 Å². The van der Waals surface area contributed by atoms with E-state index >= 15 is 0 Å². The normalized spacial score (nSPS) is 12.0. The molecule has 0 heterocycles. The smallest absolute Gasteiger partial charge is 0.338 e. The van der Waals surface area contributed by atoms with Crippen LogP contribution in [0.2, 0.25) is 0 Å². The van der Waals surface area contributed by atoms with Crippen LogP contribution in [0.15, 0.2) is 48.5 Å². The lowest BCUT2D eigenvalue weighted by Crippen LogP contribution is -2.20. The van der Waals surface area contributed by atoms with Crippen LogP contribution in [-0.2, 0) is 15.9 Å². The summed E-state index contributed by atoms with van der Waals surface area (Å²) in [4.78, 5) is 12.1. The van der Waals surface area contributed by atoms with Gasteiger partial charge in [0.1, 0.15) is 6.10 Å². The Kier molecular flexibility index (Phi) is 7.01. The fourth-order valence-electron chi connectivity index (χ4n) is 2.52. The van der Waals surface area contributed by atoms with Crippen LogP contribution in [0, 0.1) is 0 Å². The molecule has 0 fully saturated rings. The van der Waals surface area contributed by atoms with Gasteiger partial charge in [-0.25, -0.2) is 4.79 Å². The molecule has 0 radical (unpaired) electrons. The summed E-state index contributed by atoms with van der Waals surface area (Å²) in [6.07, 6.45) is 2.01. The van der Waals surface area contributed by atoms with E-state index in [1.807, 2.05) is 38.1 Å². The topological polar surface area (TPSA) is 35.5 Å². The van der Waals surface area contributed by atoms with Crippen molar-refractivity contribution in [1.82, 2.24) is 0 Å². The second kappa shape index (κ2) is 9.24. The second-order valence-corrected chi connectivity index (χ2v) is 5.90. The minimum Gasteiger partial charge on any atom is -0.457 e. The Balaban J connectivity index is 2.00. The van der Waals surface area contributed by atoms with Crippen molar-refractivity contribution in [3.05, 3.63) is 59.7 Å². The summed E-state index contributed by atoms with van der Waals surface area (Å²) in [7, 11) is 0. The highest BCUT2D eigenvalue weighted by molar-refractivity contribution is 5.90. The highest BCUT2D eigenvalue weighted by Gasteiger charge is 2.12. The van der Waals surface area contributed by atoms with Crippen molar-refractivity contribution in [3.8, 4) is 11.1 Å². The van der Waals surface area contributed by atoms with Crippen LogP contribution in [0.3, 0.4) is 0 Å². The monoisotopic (exact) mass is 326 g/mol. The number of hydrogen-bond donors (Lipinski definition) is 0. The van der Waals surface area contributed by atoms with E-state index in [0.717, 1.165) is 24.0 Å². The molecule has 24 heavy (non-hydrogen) atoms. The number of ether oxygens (including phenoxy) is 2. The Hall–Kier alpha value is -2.13. The molecule has 2 aromatic rings. The molecule has 2 rings (SSSR count). The summed E-state index contributed by atoms with van der Waals surface area (Å²) in [5.74, 6) is -0.313. The Labute approximate surface area is 144 Å². The van der Waals surface area contributed by atoms with E-state index in [4.69, 9.17) is 9.47 Å². The maximum atomic E-state index is 12.1. The lowest BCUT2D eigenvalue weighted by molar-refractivity contribution is 0.00440. The molecule has 0 saturated heterocycles. The van der Waals surface area contributed by atoms with Crippen LogP contribution in [-0.4, -0.2) is 25.3 Å². The number of carbonyl (C=O) groups is 1. The van der Waals surface area contributed by atoms with Crippen molar-refractivity contribution in [2.45, 2.75) is 39.7 Å². The lowest BCUT2D eigenvalue weighted by Gasteiger charge is -2.13. The van der Waals surface area contributed by atoms with Gasteiger partial charge < -0.3 is 9.47 Å². The second-order valence-electron chi connectivity index (χ2n) is 5.90. The molecule has 1 atom stereocenters. The third kappa shape index (κ3) is 5.20. The van der Waals surface area contributed by atoms with Gasteiger partial charge in [0.2, 0.25) is 0 Å². The summed E-state index contributed by atoms with van der Waals surface area (Å²) in [6, 6.07) is 16.1. The Bertz CT molecular complexity index is 629. The molecule has 3 heteroatoms. The molecular formula is C21H26O3. The van der Waals surface area contributed by atoms with E-state index in [0.29, 0.717) is 18.8 Å². The molecule has 1 unspecified atom stereocenters. The van der Waals surface area contributed by atoms with Gasteiger partial charge >= 0.3 is 5.97 Å². The first kappa shape index (κ1) is 18.2. The summed E-state index contributed by atoms with van der Waals surface area (Å²) >= 11 is 0. The van der Waals surface area contributed by atoms with E-state index in [9.17, 15) is 4.79 Å². The van der Waals surface area contributed by atoms with Gasteiger partial charge in [0.25, 0.3) is 0 Å². The minimum atomic E-state index is -0.313. The fraction of sp³-hybridized carbons (Fsp3) is 0.381. The fourth-order valence-corrected chi connectivity index (χ4v) is 2.52. The molecule has 0 N–H and O–H groups in total. The third-order valence-electron chi connectivity index (χ3n) is 3.81. The molecule has 0 bridgehead atoms. The van der Waals surface area contributed by atoms with E-state index in [1.54, 1.807) is 0 Å². The number of benzene rings is 2. The summed E-state index contributed by atoms with van der Waals surface area (Å²) in [5, 5.41) is 0. The van der Waals surface area contributed by atoms with Gasteiger partial charge in [0.15, 0.2) is 0 Å².